The predicted molar refractivity (Wildman–Crippen MR) is 55.0 cm³/mol. The Kier molecular flexibility index (Phi) is 5.11. The minimum Gasteiger partial charge on any atom is -0.460 e. The first-order chi connectivity index (χ1) is 5.72. The summed E-state index contributed by atoms with van der Waals surface area (Å²) in [6.07, 6.45) is -0.0961. The fraction of sp³-hybridized carbons (Fsp3) is 0.625. The highest BCUT2D eigenvalue weighted by Crippen LogP contribution is 2.22. The van der Waals surface area contributed by atoms with E-state index in [0.29, 0.717) is 0 Å². The van der Waals surface area contributed by atoms with E-state index in [1.54, 1.807) is 20.8 Å². The van der Waals surface area contributed by atoms with Crippen molar-refractivity contribution in [2.24, 2.45) is 0 Å². The predicted octanol–water partition coefficient (Wildman–Crippen LogP) is 3.60. The maximum Gasteiger partial charge on any atom is 0.311 e. The van der Waals surface area contributed by atoms with Crippen molar-refractivity contribution in [2.75, 3.05) is 0 Å². The molecule has 0 bridgehead atoms. The lowest BCUT2D eigenvalue weighted by atomic mass is 10.2. The summed E-state index contributed by atoms with van der Waals surface area (Å²) in [5, 5.41) is 0.0950. The Bertz CT molecular complexity index is 224. The molecule has 0 aliphatic heterocycles. The third-order valence-corrected chi connectivity index (χ3v) is 1.90. The van der Waals surface area contributed by atoms with Gasteiger partial charge in [0.25, 0.3) is 0 Å². The van der Waals surface area contributed by atoms with Crippen molar-refractivity contribution < 1.29 is 9.53 Å². The maximum atomic E-state index is 11.1. The molecular formula is C8H11Cl3O2. The highest BCUT2D eigenvalue weighted by atomic mass is 35.5. The molecule has 0 aliphatic rings. The highest BCUT2D eigenvalue weighted by Gasteiger charge is 2.17. The van der Waals surface area contributed by atoms with E-state index in [-0.39, 0.29) is 15.9 Å². The van der Waals surface area contributed by atoms with Crippen LogP contribution in [0.4, 0.5) is 0 Å². The van der Waals surface area contributed by atoms with Crippen molar-refractivity contribution in [1.82, 2.24) is 0 Å². The van der Waals surface area contributed by atoms with Gasteiger partial charge in [0.1, 0.15) is 10.1 Å². The number of carbonyl (C=O) groups is 1. The van der Waals surface area contributed by atoms with Crippen molar-refractivity contribution in [2.45, 2.75) is 32.8 Å². The van der Waals surface area contributed by atoms with Gasteiger partial charge >= 0.3 is 5.97 Å². The summed E-state index contributed by atoms with van der Waals surface area (Å²) in [7, 11) is 0. The van der Waals surface area contributed by atoms with Crippen molar-refractivity contribution in [1.29, 1.82) is 0 Å². The van der Waals surface area contributed by atoms with Gasteiger partial charge < -0.3 is 4.74 Å². The molecule has 13 heavy (non-hydrogen) atoms. The quantitative estimate of drug-likeness (QED) is 0.695. The summed E-state index contributed by atoms with van der Waals surface area (Å²) in [6.45, 7) is 5.31. The summed E-state index contributed by atoms with van der Waals surface area (Å²) in [5.41, 5.74) is -0.521. The fourth-order valence-electron chi connectivity index (χ4n) is 0.571. The highest BCUT2D eigenvalue weighted by molar-refractivity contribution is 6.59. The van der Waals surface area contributed by atoms with Gasteiger partial charge in [-0.2, -0.15) is 0 Å². The van der Waals surface area contributed by atoms with Crippen LogP contribution in [0.25, 0.3) is 0 Å². The molecule has 0 aromatic carbocycles. The molecule has 0 aliphatic carbocycles. The second-order valence-corrected chi connectivity index (χ2v) is 4.83. The number of halogens is 3. The van der Waals surface area contributed by atoms with Gasteiger partial charge in [-0.15, -0.1) is 0 Å². The molecule has 0 N–H and O–H groups in total. The molecule has 0 rings (SSSR count). The third kappa shape index (κ3) is 7.17. The zero-order valence-corrected chi connectivity index (χ0v) is 9.93. The largest absolute Gasteiger partial charge is 0.460 e. The van der Waals surface area contributed by atoms with Crippen molar-refractivity contribution in [3.05, 3.63) is 9.52 Å². The van der Waals surface area contributed by atoms with E-state index in [1.165, 1.54) is 0 Å². The third-order valence-electron chi connectivity index (χ3n) is 0.925. The topological polar surface area (TPSA) is 26.3 Å². The first-order valence-corrected chi connectivity index (χ1v) is 4.77. The van der Waals surface area contributed by atoms with Crippen LogP contribution in [0.15, 0.2) is 9.52 Å². The second kappa shape index (κ2) is 5.08. The van der Waals surface area contributed by atoms with Crippen molar-refractivity contribution in [3.8, 4) is 0 Å². The van der Waals surface area contributed by atoms with Crippen molar-refractivity contribution in [3.63, 3.8) is 0 Å². The van der Waals surface area contributed by atoms with E-state index < -0.39 is 11.6 Å². The Morgan fingerprint density at radius 3 is 2.00 bits per heavy atom. The van der Waals surface area contributed by atoms with E-state index in [9.17, 15) is 4.79 Å². The van der Waals surface area contributed by atoms with Crippen LogP contribution in [-0.4, -0.2) is 11.6 Å². The average Bonchev–Trinajstić information content (AvgIpc) is 1.81. The van der Waals surface area contributed by atoms with Crippen LogP contribution >= 0.6 is 34.8 Å². The summed E-state index contributed by atoms with van der Waals surface area (Å²) in [6, 6.07) is 0. The van der Waals surface area contributed by atoms with Gasteiger partial charge in [-0.05, 0) is 20.8 Å². The summed E-state index contributed by atoms with van der Waals surface area (Å²) in [5.74, 6) is -0.448. The van der Waals surface area contributed by atoms with Crippen LogP contribution in [0.2, 0.25) is 0 Å². The van der Waals surface area contributed by atoms with Crippen molar-refractivity contribution >= 4 is 40.8 Å². The Labute approximate surface area is 92.8 Å². The molecule has 0 fully saturated rings. The zero-order valence-electron chi connectivity index (χ0n) is 7.66. The monoisotopic (exact) mass is 244 g/mol. The summed E-state index contributed by atoms with van der Waals surface area (Å²) < 4.78 is 4.88. The first-order valence-electron chi connectivity index (χ1n) is 3.64. The Morgan fingerprint density at radius 2 is 1.69 bits per heavy atom. The number of rotatable bonds is 2. The Balaban J connectivity index is 4.12. The van der Waals surface area contributed by atoms with Gasteiger partial charge in [0.05, 0.1) is 11.5 Å². The lowest BCUT2D eigenvalue weighted by Crippen LogP contribution is -2.23. The van der Waals surface area contributed by atoms with Crippen LogP contribution in [0.5, 0.6) is 0 Å². The molecular weight excluding hydrogens is 234 g/mol. The SMILES string of the molecule is CC(C)(C)OC(=O)CC(Cl)=C(Cl)Cl. The zero-order chi connectivity index (χ0) is 10.6. The molecule has 0 spiro atoms. The van der Waals surface area contributed by atoms with E-state index in [2.05, 4.69) is 0 Å². The molecule has 0 saturated heterocycles. The minimum absolute atomic E-state index is 0.0950. The fourth-order valence-corrected chi connectivity index (χ4v) is 0.814. The summed E-state index contributed by atoms with van der Waals surface area (Å²) >= 11 is 16.3. The maximum absolute atomic E-state index is 11.1. The van der Waals surface area contributed by atoms with Gasteiger partial charge in [-0.1, -0.05) is 34.8 Å². The van der Waals surface area contributed by atoms with Crippen LogP contribution in [0.1, 0.15) is 27.2 Å². The van der Waals surface area contributed by atoms with Gasteiger partial charge in [-0.25, -0.2) is 0 Å². The molecule has 2 nitrogen and oxygen atoms in total. The standard InChI is InChI=1S/C8H11Cl3O2/c1-8(2,3)13-6(12)4-5(9)7(10)11/h4H2,1-3H3. The second-order valence-electron chi connectivity index (χ2n) is 3.43. The summed E-state index contributed by atoms with van der Waals surface area (Å²) in [4.78, 5) is 11.1. The average molecular weight is 246 g/mol. The normalized spacial score (nSPS) is 10.9. The molecule has 0 unspecified atom stereocenters. The number of carbonyl (C=O) groups excluding carboxylic acids is 1. The molecule has 0 heterocycles. The Morgan fingerprint density at radius 1 is 1.23 bits per heavy atom. The van der Waals surface area contributed by atoms with Crippen LogP contribution in [0, 0.1) is 0 Å². The molecule has 0 saturated carbocycles. The first kappa shape index (κ1) is 13.1. The molecule has 0 aromatic heterocycles. The number of ether oxygens (including phenoxy) is 1. The molecule has 76 valence electrons. The number of esters is 1. The molecule has 0 atom stereocenters. The lowest BCUT2D eigenvalue weighted by molar-refractivity contribution is -0.153. The molecule has 0 radical (unpaired) electrons. The van der Waals surface area contributed by atoms with Crippen LogP contribution in [0.3, 0.4) is 0 Å². The van der Waals surface area contributed by atoms with E-state index >= 15 is 0 Å². The van der Waals surface area contributed by atoms with E-state index in [1.807, 2.05) is 0 Å². The lowest BCUT2D eigenvalue weighted by Gasteiger charge is -2.19. The van der Waals surface area contributed by atoms with Gasteiger partial charge in [0, 0.05) is 0 Å². The number of hydrogen-bond donors (Lipinski definition) is 0. The van der Waals surface area contributed by atoms with Crippen LogP contribution < -0.4 is 0 Å². The van der Waals surface area contributed by atoms with Gasteiger partial charge in [0.2, 0.25) is 0 Å². The number of hydrogen-bond acceptors (Lipinski definition) is 2. The van der Waals surface area contributed by atoms with Crippen LogP contribution in [-0.2, 0) is 9.53 Å². The minimum atomic E-state index is -0.521. The molecule has 0 aromatic rings. The smallest absolute Gasteiger partial charge is 0.311 e. The van der Waals surface area contributed by atoms with E-state index in [0.717, 1.165) is 0 Å². The van der Waals surface area contributed by atoms with Gasteiger partial charge in [-0.3, -0.25) is 4.79 Å². The van der Waals surface area contributed by atoms with E-state index in [4.69, 9.17) is 39.5 Å². The Hall–Kier alpha value is 0.0800. The molecule has 5 heteroatoms. The van der Waals surface area contributed by atoms with Gasteiger partial charge in [0.15, 0.2) is 0 Å². The molecule has 0 amide bonds.